The van der Waals surface area contributed by atoms with E-state index in [1.165, 1.54) is 82.1 Å². The molecule has 4 saturated carbocycles. The van der Waals surface area contributed by atoms with Crippen LogP contribution in [0.5, 0.6) is 11.5 Å². The van der Waals surface area contributed by atoms with E-state index in [4.69, 9.17) is 23.2 Å². The summed E-state index contributed by atoms with van der Waals surface area (Å²) < 4.78 is 0. The Morgan fingerprint density at radius 2 is 1.38 bits per heavy atom. The minimum absolute atomic E-state index is 0.0406. The predicted octanol–water partition coefficient (Wildman–Crippen LogP) is 11.2. The van der Waals surface area contributed by atoms with Crippen LogP contribution in [0.3, 0.4) is 0 Å². The summed E-state index contributed by atoms with van der Waals surface area (Å²) >= 11 is 12.5. The van der Waals surface area contributed by atoms with E-state index >= 15 is 0 Å². The molecule has 4 aliphatic rings. The molecule has 0 aliphatic heterocycles. The molecule has 2 aromatic carbocycles. The summed E-state index contributed by atoms with van der Waals surface area (Å²) in [6.07, 6.45) is 16.4. The van der Waals surface area contributed by atoms with Crippen LogP contribution >= 0.6 is 23.2 Å². The Morgan fingerprint density at radius 1 is 0.800 bits per heavy atom. The van der Waals surface area contributed by atoms with E-state index in [0.717, 1.165) is 54.8 Å². The molecule has 8 nitrogen and oxygen atoms in total. The third-order valence-electron chi connectivity index (χ3n) is 14.9. The van der Waals surface area contributed by atoms with Crippen molar-refractivity contribution in [1.82, 2.24) is 5.32 Å². The number of rotatable bonds is 12. The normalized spacial score (nSPS) is 30.5. The molecule has 0 radical (unpaired) electrons. The van der Waals surface area contributed by atoms with Crippen molar-refractivity contribution in [2.24, 2.45) is 52.3 Å². The number of benzene rings is 2. The fraction of sp³-hybridized carbons (Fsp3) is 0.622. The molecule has 0 aromatic heterocycles. The Balaban J connectivity index is 1.15. The van der Waals surface area contributed by atoms with Gasteiger partial charge < -0.3 is 25.7 Å². The van der Waals surface area contributed by atoms with Gasteiger partial charge >= 0.3 is 11.9 Å². The van der Waals surface area contributed by atoms with E-state index in [9.17, 15) is 34.8 Å². The first kappa shape index (κ1) is 41.4. The number of phenols is 2. The molecule has 9 atom stereocenters. The average Bonchev–Trinajstić information content (AvgIpc) is 3.48. The summed E-state index contributed by atoms with van der Waals surface area (Å²) in [6.45, 7) is 12.4. The summed E-state index contributed by atoms with van der Waals surface area (Å²) in [5.41, 5.74) is 0.566. The summed E-state index contributed by atoms with van der Waals surface area (Å²) in [4.78, 5) is 37.5. The maximum absolute atomic E-state index is 13.6. The van der Waals surface area contributed by atoms with Crippen LogP contribution in [0, 0.1) is 52.3 Å². The summed E-state index contributed by atoms with van der Waals surface area (Å²) in [6, 6.07) is 5.15. The number of amides is 1. The number of carboxylic acids is 2. The highest BCUT2D eigenvalue weighted by atomic mass is 35.5. The number of aromatic carboxylic acids is 2. The quantitative estimate of drug-likeness (QED) is 0.144. The Kier molecular flexibility index (Phi) is 12.3. The van der Waals surface area contributed by atoms with Crippen LogP contribution in [0.4, 0.5) is 0 Å². The topological polar surface area (TPSA) is 144 Å². The zero-order valence-electron chi connectivity index (χ0n) is 33.0. The van der Waals surface area contributed by atoms with Crippen molar-refractivity contribution in [2.45, 2.75) is 124 Å². The van der Waals surface area contributed by atoms with Crippen LogP contribution in [0.2, 0.25) is 10.0 Å². The first-order valence-corrected chi connectivity index (χ1v) is 21.2. The van der Waals surface area contributed by atoms with Crippen molar-refractivity contribution in [2.75, 3.05) is 0 Å². The maximum atomic E-state index is 13.6. The average molecular weight is 797 g/mol. The van der Waals surface area contributed by atoms with E-state index in [2.05, 4.69) is 39.9 Å². The van der Waals surface area contributed by atoms with Crippen LogP contribution in [0.1, 0.15) is 150 Å². The van der Waals surface area contributed by atoms with Crippen molar-refractivity contribution in [3.63, 3.8) is 0 Å². The molecule has 300 valence electrons. The molecule has 0 bridgehead atoms. The SMILES string of the molecule is CC(C)CCC[C@@H](C)[C@H]1CC[C@H]2[C@@H]3CCC4CC(NC(=O)CC=C(c5cc(Cl)c(O)c(C(=O)O)c5)c5cc(Cl)c(O)c(C(=O)O)c5)CC[C@]4(C)[C@H]3CC[C@]12C. The molecule has 2 aromatic rings. The molecular formula is C45H59Cl2NO7. The lowest BCUT2D eigenvalue weighted by molar-refractivity contribution is -0.127. The number of hydrogen-bond donors (Lipinski definition) is 5. The van der Waals surface area contributed by atoms with Crippen molar-refractivity contribution in [3.8, 4) is 11.5 Å². The van der Waals surface area contributed by atoms with Gasteiger partial charge in [0.25, 0.3) is 0 Å². The first-order chi connectivity index (χ1) is 25.9. The molecule has 5 N–H and O–H groups in total. The van der Waals surface area contributed by atoms with E-state index < -0.39 is 34.6 Å². The monoisotopic (exact) mass is 795 g/mol. The number of carboxylic acid groups (broad SMARTS) is 2. The van der Waals surface area contributed by atoms with Crippen LogP contribution in [0.25, 0.3) is 5.57 Å². The third kappa shape index (κ3) is 8.14. The Morgan fingerprint density at radius 3 is 1.96 bits per heavy atom. The molecule has 2 unspecified atom stereocenters. The van der Waals surface area contributed by atoms with Crippen LogP contribution in [-0.2, 0) is 4.79 Å². The van der Waals surface area contributed by atoms with E-state index in [1.54, 1.807) is 6.08 Å². The lowest BCUT2D eigenvalue weighted by atomic mass is 9.44. The van der Waals surface area contributed by atoms with Crippen molar-refractivity contribution < 1.29 is 34.8 Å². The maximum Gasteiger partial charge on any atom is 0.339 e. The lowest BCUT2D eigenvalue weighted by Crippen LogP contribution is -2.55. The molecule has 6 rings (SSSR count). The van der Waals surface area contributed by atoms with Gasteiger partial charge in [-0.15, -0.1) is 0 Å². The second-order valence-corrected chi connectivity index (χ2v) is 19.2. The third-order valence-corrected chi connectivity index (χ3v) is 15.5. The number of nitrogens with one attached hydrogen (secondary N) is 1. The molecule has 10 heteroatoms. The van der Waals surface area contributed by atoms with Gasteiger partial charge in [0.1, 0.15) is 22.6 Å². The van der Waals surface area contributed by atoms with E-state index in [0.29, 0.717) is 11.3 Å². The van der Waals surface area contributed by atoms with Crippen molar-refractivity contribution >= 4 is 46.6 Å². The number of aromatic hydroxyl groups is 2. The van der Waals surface area contributed by atoms with Gasteiger partial charge in [-0.05, 0) is 151 Å². The van der Waals surface area contributed by atoms with Crippen molar-refractivity contribution in [3.05, 3.63) is 62.6 Å². The minimum Gasteiger partial charge on any atom is -0.505 e. The standard InChI is InChI=1S/C45H59Cl2NO7/c1-24(2)7-6-8-25(3)34-12-13-35-31-10-9-28-23-29(15-17-44(28,4)36(31)16-18-45(34,35)5)48-39(49)14-11-30(26-19-32(42(52)53)40(50)37(46)21-26)27-20-33(43(54)55)41(51)38(47)22-27/h11,19-22,24-25,28-29,31,34-36,50-51H,6-10,12-18,23H2,1-5H3,(H,48,49)(H,52,53)(H,54,55)/t25-,28?,29?,31+,34-,35+,36+,44+,45-/m1/s1. The summed E-state index contributed by atoms with van der Waals surface area (Å²) in [5, 5.41) is 42.9. The van der Waals surface area contributed by atoms with Gasteiger partial charge in [0.15, 0.2) is 0 Å². The zero-order valence-corrected chi connectivity index (χ0v) is 34.5. The van der Waals surface area contributed by atoms with Gasteiger partial charge in [-0.3, -0.25) is 4.79 Å². The second kappa shape index (κ2) is 16.3. The van der Waals surface area contributed by atoms with Crippen LogP contribution in [0.15, 0.2) is 30.3 Å². The Bertz CT molecular complexity index is 1770. The molecule has 0 heterocycles. The van der Waals surface area contributed by atoms with E-state index in [1.807, 2.05) is 0 Å². The van der Waals surface area contributed by atoms with Gasteiger partial charge in [-0.2, -0.15) is 0 Å². The number of hydrogen-bond acceptors (Lipinski definition) is 5. The smallest absolute Gasteiger partial charge is 0.339 e. The highest BCUT2D eigenvalue weighted by Crippen LogP contribution is 2.68. The lowest BCUT2D eigenvalue weighted by Gasteiger charge is -2.61. The van der Waals surface area contributed by atoms with Crippen LogP contribution < -0.4 is 5.32 Å². The summed E-state index contributed by atoms with van der Waals surface area (Å²) in [7, 11) is 0. The minimum atomic E-state index is -1.41. The molecular weight excluding hydrogens is 737 g/mol. The predicted molar refractivity (Wildman–Crippen MR) is 217 cm³/mol. The van der Waals surface area contributed by atoms with Gasteiger partial charge in [0.05, 0.1) is 10.0 Å². The van der Waals surface area contributed by atoms with Gasteiger partial charge in [-0.1, -0.05) is 83.2 Å². The highest BCUT2D eigenvalue weighted by Gasteiger charge is 2.60. The fourth-order valence-electron chi connectivity index (χ4n) is 12.1. The number of carbonyl (C=O) groups is 3. The number of carbonyl (C=O) groups excluding carboxylic acids is 1. The Hall–Kier alpha value is -3.23. The van der Waals surface area contributed by atoms with Gasteiger partial charge in [0, 0.05) is 12.5 Å². The van der Waals surface area contributed by atoms with Gasteiger partial charge in [0.2, 0.25) is 5.91 Å². The zero-order chi connectivity index (χ0) is 40.0. The summed E-state index contributed by atoms with van der Waals surface area (Å²) in [5.74, 6) is 1.07. The van der Waals surface area contributed by atoms with E-state index in [-0.39, 0.29) is 50.5 Å². The molecule has 1 amide bonds. The van der Waals surface area contributed by atoms with Crippen LogP contribution in [-0.4, -0.2) is 44.3 Å². The number of halogens is 2. The molecule has 55 heavy (non-hydrogen) atoms. The Labute approximate surface area is 336 Å². The molecule has 0 saturated heterocycles. The molecule has 0 spiro atoms. The largest absolute Gasteiger partial charge is 0.505 e. The van der Waals surface area contributed by atoms with Crippen molar-refractivity contribution in [1.29, 1.82) is 0 Å². The fourth-order valence-corrected chi connectivity index (χ4v) is 12.6. The second-order valence-electron chi connectivity index (χ2n) is 18.4. The number of fused-ring (bicyclic) bond motifs is 5. The first-order valence-electron chi connectivity index (χ1n) is 20.5. The highest BCUT2D eigenvalue weighted by molar-refractivity contribution is 6.33. The molecule has 4 aliphatic carbocycles. The molecule has 4 fully saturated rings. The van der Waals surface area contributed by atoms with Gasteiger partial charge in [-0.25, -0.2) is 9.59 Å².